The third-order valence-corrected chi connectivity index (χ3v) is 2.25. The van der Waals surface area contributed by atoms with Crippen molar-refractivity contribution in [3.63, 3.8) is 0 Å². The Kier molecular flexibility index (Phi) is 2.21. The van der Waals surface area contributed by atoms with Gasteiger partial charge in [-0.15, -0.1) is 0 Å². The van der Waals surface area contributed by atoms with Crippen molar-refractivity contribution in [3.05, 3.63) is 29.0 Å². The number of carbonyl (C=O) groups excluding carboxylic acids is 2. The largest absolute Gasteiger partial charge is 0.393 e. The van der Waals surface area contributed by atoms with Crippen LogP contribution in [0.2, 0.25) is 5.15 Å². The summed E-state index contributed by atoms with van der Waals surface area (Å²) in [6, 6.07) is 3.24. The van der Waals surface area contributed by atoms with Gasteiger partial charge in [-0.1, -0.05) is 17.7 Å². The Morgan fingerprint density at radius 2 is 2.21 bits per heavy atom. The number of cyclic esters (lactones) is 2. The van der Waals surface area contributed by atoms with E-state index in [1.807, 2.05) is 0 Å². The van der Waals surface area contributed by atoms with E-state index in [4.69, 9.17) is 11.6 Å². The third kappa shape index (κ3) is 1.61. The van der Waals surface area contributed by atoms with E-state index in [1.165, 1.54) is 6.20 Å². The first-order valence-electron chi connectivity index (χ1n) is 4.03. The number of hydrogen-bond acceptors (Lipinski definition) is 4. The quantitative estimate of drug-likeness (QED) is 0.399. The highest BCUT2D eigenvalue weighted by Gasteiger charge is 2.34. The minimum atomic E-state index is -0.521. The van der Waals surface area contributed by atoms with Gasteiger partial charge in [0, 0.05) is 6.20 Å². The molecule has 2 heterocycles. The number of pyridine rings is 1. The molecule has 4 nitrogen and oxygen atoms in total. The number of rotatable bonds is 1. The van der Waals surface area contributed by atoms with Gasteiger partial charge in [0.05, 0.1) is 12.3 Å². The lowest BCUT2D eigenvalue weighted by molar-refractivity contribution is -0.152. The van der Waals surface area contributed by atoms with Gasteiger partial charge in [0.25, 0.3) is 0 Å². The number of esters is 2. The first kappa shape index (κ1) is 9.15. The molecule has 0 aromatic carbocycles. The molecule has 0 N–H and O–H groups in total. The van der Waals surface area contributed by atoms with Crippen molar-refractivity contribution in [1.29, 1.82) is 0 Å². The standard InChI is InChI=1S/C9H6ClNO3/c10-7-2-1-5(4-11-7)6-3-8(12)14-9(6)13/h1-2,4,6H,3H2. The van der Waals surface area contributed by atoms with Crippen molar-refractivity contribution in [2.24, 2.45) is 0 Å². The highest BCUT2D eigenvalue weighted by atomic mass is 35.5. The van der Waals surface area contributed by atoms with Crippen LogP contribution >= 0.6 is 11.6 Å². The smallest absolute Gasteiger partial charge is 0.321 e. The molecule has 1 atom stereocenters. The molecular formula is C9H6ClNO3. The van der Waals surface area contributed by atoms with Crippen LogP contribution in [-0.4, -0.2) is 16.9 Å². The summed E-state index contributed by atoms with van der Waals surface area (Å²) >= 11 is 5.59. The Bertz CT molecular complexity index is 388. The summed E-state index contributed by atoms with van der Waals surface area (Å²) in [6.07, 6.45) is 1.56. The topological polar surface area (TPSA) is 56.3 Å². The second-order valence-electron chi connectivity index (χ2n) is 2.96. The normalized spacial score (nSPS) is 21.1. The SMILES string of the molecule is O=C1CC(c2ccc(Cl)nc2)C(=O)O1. The molecule has 1 unspecified atom stereocenters. The minimum absolute atomic E-state index is 0.0855. The number of aromatic nitrogens is 1. The van der Waals surface area contributed by atoms with Crippen LogP contribution in [-0.2, 0) is 14.3 Å². The van der Waals surface area contributed by atoms with E-state index >= 15 is 0 Å². The van der Waals surface area contributed by atoms with Crippen LogP contribution in [0.5, 0.6) is 0 Å². The van der Waals surface area contributed by atoms with Crippen LogP contribution in [0, 0.1) is 0 Å². The zero-order valence-electron chi connectivity index (χ0n) is 7.07. The molecule has 1 aliphatic rings. The maximum absolute atomic E-state index is 11.2. The second-order valence-corrected chi connectivity index (χ2v) is 3.35. The Labute approximate surface area is 84.8 Å². The summed E-state index contributed by atoms with van der Waals surface area (Å²) in [5.41, 5.74) is 0.658. The Hall–Kier alpha value is -1.42. The van der Waals surface area contributed by atoms with Crippen LogP contribution in [0.15, 0.2) is 18.3 Å². The van der Waals surface area contributed by atoms with Crippen molar-refractivity contribution < 1.29 is 14.3 Å². The molecule has 0 aliphatic carbocycles. The van der Waals surface area contributed by atoms with Crippen LogP contribution in [0.3, 0.4) is 0 Å². The molecule has 0 spiro atoms. The molecule has 1 aromatic rings. The second kappa shape index (κ2) is 3.38. The van der Waals surface area contributed by atoms with Crippen molar-refractivity contribution >= 4 is 23.5 Å². The first-order valence-corrected chi connectivity index (χ1v) is 4.40. The fourth-order valence-electron chi connectivity index (χ4n) is 1.32. The molecule has 5 heteroatoms. The molecule has 1 aromatic heterocycles. The number of halogens is 1. The molecule has 14 heavy (non-hydrogen) atoms. The number of hydrogen-bond donors (Lipinski definition) is 0. The highest BCUT2D eigenvalue weighted by Crippen LogP contribution is 2.27. The fraction of sp³-hybridized carbons (Fsp3) is 0.222. The van der Waals surface area contributed by atoms with E-state index in [2.05, 4.69) is 9.72 Å². The van der Waals surface area contributed by atoms with E-state index in [-0.39, 0.29) is 6.42 Å². The van der Waals surface area contributed by atoms with Gasteiger partial charge in [0.15, 0.2) is 0 Å². The fourth-order valence-corrected chi connectivity index (χ4v) is 1.43. The van der Waals surface area contributed by atoms with Crippen molar-refractivity contribution in [2.45, 2.75) is 12.3 Å². The minimum Gasteiger partial charge on any atom is -0.393 e. The summed E-state index contributed by atoms with van der Waals surface area (Å²) in [7, 11) is 0. The average molecular weight is 212 g/mol. The van der Waals surface area contributed by atoms with Gasteiger partial charge in [-0.25, -0.2) is 4.98 Å². The van der Waals surface area contributed by atoms with Gasteiger partial charge < -0.3 is 4.74 Å². The number of ether oxygens (including phenoxy) is 1. The lowest BCUT2D eigenvalue weighted by atomic mass is 10.00. The maximum Gasteiger partial charge on any atom is 0.321 e. The molecule has 1 fully saturated rings. The molecule has 2 rings (SSSR count). The van der Waals surface area contributed by atoms with Gasteiger partial charge in [0.2, 0.25) is 0 Å². The number of nitrogens with zero attached hydrogens (tertiary/aromatic N) is 1. The summed E-state index contributed by atoms with van der Waals surface area (Å²) < 4.78 is 4.42. The first-order chi connectivity index (χ1) is 6.66. The molecule has 1 saturated heterocycles. The van der Waals surface area contributed by atoms with Crippen LogP contribution in [0.1, 0.15) is 17.9 Å². The Balaban J connectivity index is 2.27. The van der Waals surface area contributed by atoms with Gasteiger partial charge in [-0.2, -0.15) is 0 Å². The molecule has 0 saturated carbocycles. The third-order valence-electron chi connectivity index (χ3n) is 2.02. The molecule has 1 aliphatic heterocycles. The summed E-state index contributed by atoms with van der Waals surface area (Å²) in [5, 5.41) is 0.353. The molecule has 72 valence electrons. The zero-order valence-corrected chi connectivity index (χ0v) is 7.82. The van der Waals surface area contributed by atoms with Gasteiger partial charge >= 0.3 is 11.9 Å². The van der Waals surface area contributed by atoms with Gasteiger partial charge in [-0.05, 0) is 11.6 Å². The highest BCUT2D eigenvalue weighted by molar-refractivity contribution is 6.29. The summed E-state index contributed by atoms with van der Waals surface area (Å²) in [5.74, 6) is -1.53. The van der Waals surface area contributed by atoms with Gasteiger partial charge in [-0.3, -0.25) is 9.59 Å². The van der Waals surface area contributed by atoms with Crippen molar-refractivity contribution in [2.75, 3.05) is 0 Å². The zero-order chi connectivity index (χ0) is 10.1. The van der Waals surface area contributed by atoms with E-state index in [0.717, 1.165) is 0 Å². The predicted molar refractivity (Wildman–Crippen MR) is 47.7 cm³/mol. The lowest BCUT2D eigenvalue weighted by Gasteiger charge is -2.02. The molecule has 0 bridgehead atoms. The predicted octanol–water partition coefficient (Wildman–Crippen LogP) is 1.29. The lowest BCUT2D eigenvalue weighted by Crippen LogP contribution is -2.05. The average Bonchev–Trinajstić information content (AvgIpc) is 2.47. The van der Waals surface area contributed by atoms with Crippen LogP contribution < -0.4 is 0 Å². The van der Waals surface area contributed by atoms with E-state index < -0.39 is 17.9 Å². The van der Waals surface area contributed by atoms with E-state index in [9.17, 15) is 9.59 Å². The molecule has 0 amide bonds. The van der Waals surface area contributed by atoms with Crippen LogP contribution in [0.4, 0.5) is 0 Å². The molecular weight excluding hydrogens is 206 g/mol. The Morgan fingerprint density at radius 3 is 2.71 bits per heavy atom. The van der Waals surface area contributed by atoms with Crippen molar-refractivity contribution in [3.8, 4) is 0 Å². The van der Waals surface area contributed by atoms with Crippen molar-refractivity contribution in [1.82, 2.24) is 4.98 Å². The monoisotopic (exact) mass is 211 g/mol. The number of carbonyl (C=O) groups is 2. The molecule has 0 radical (unpaired) electrons. The van der Waals surface area contributed by atoms with Crippen LogP contribution in [0.25, 0.3) is 0 Å². The van der Waals surface area contributed by atoms with E-state index in [1.54, 1.807) is 12.1 Å². The summed E-state index contributed by atoms with van der Waals surface area (Å²) in [4.78, 5) is 25.8. The summed E-state index contributed by atoms with van der Waals surface area (Å²) in [6.45, 7) is 0. The maximum atomic E-state index is 11.2. The Morgan fingerprint density at radius 1 is 1.43 bits per heavy atom. The van der Waals surface area contributed by atoms with E-state index in [0.29, 0.717) is 10.7 Å². The van der Waals surface area contributed by atoms with Gasteiger partial charge in [0.1, 0.15) is 5.15 Å².